The summed E-state index contributed by atoms with van der Waals surface area (Å²) >= 11 is 0. The molecule has 0 aliphatic carbocycles. The van der Waals surface area contributed by atoms with Crippen molar-refractivity contribution >= 4 is 10.0 Å². The van der Waals surface area contributed by atoms with Crippen molar-refractivity contribution in [1.82, 2.24) is 4.83 Å². The topological polar surface area (TPSA) is 92.4 Å². The maximum absolute atomic E-state index is 10.2. The Morgan fingerprint density at radius 1 is 1.62 bits per heavy atom. The molecule has 0 radical (unpaired) electrons. The van der Waals surface area contributed by atoms with Crippen molar-refractivity contribution < 1.29 is 13.5 Å². The summed E-state index contributed by atoms with van der Waals surface area (Å²) in [5.41, 5.74) is 0. The van der Waals surface area contributed by atoms with Crippen LogP contribution < -0.4 is 10.7 Å². The quantitative estimate of drug-likeness (QED) is 0.305. The highest BCUT2D eigenvalue weighted by Gasteiger charge is 2.03. The van der Waals surface area contributed by atoms with Crippen LogP contribution in [0, 0.1) is 0 Å². The molecule has 0 aliphatic heterocycles. The van der Waals surface area contributed by atoms with Crippen LogP contribution in [0.3, 0.4) is 0 Å². The predicted octanol–water partition coefficient (Wildman–Crippen LogP) is -2.23. The number of hydrogen-bond donors (Lipinski definition) is 3. The molecule has 8 heavy (non-hydrogen) atoms. The third kappa shape index (κ3) is 2.92. The average Bonchev–Trinajstić information content (AvgIpc) is 1.67. The molecule has 0 fully saturated rings. The second-order valence-electron chi connectivity index (χ2n) is 1.16. The first kappa shape index (κ1) is 7.83. The number of hydrogen-bond acceptors (Lipinski definition) is 4. The summed E-state index contributed by atoms with van der Waals surface area (Å²) in [5, 5.41) is 8.06. The van der Waals surface area contributed by atoms with Gasteiger partial charge in [0.25, 0.3) is 0 Å². The molecule has 0 aliphatic rings. The maximum Gasteiger partial charge on any atom is 0.226 e. The fourth-order valence-electron chi connectivity index (χ4n) is 0.179. The SMILES string of the molecule is NNS(=O)(=O)CCO. The Kier molecular flexibility index (Phi) is 2.91. The van der Waals surface area contributed by atoms with Gasteiger partial charge in [-0.05, 0) is 0 Å². The van der Waals surface area contributed by atoms with E-state index in [4.69, 9.17) is 5.11 Å². The zero-order valence-corrected chi connectivity index (χ0v) is 4.98. The fraction of sp³-hybridized carbons (Fsp3) is 1.00. The van der Waals surface area contributed by atoms with Gasteiger partial charge < -0.3 is 5.11 Å². The van der Waals surface area contributed by atoms with E-state index in [2.05, 4.69) is 5.84 Å². The molecule has 0 aromatic rings. The predicted molar refractivity (Wildman–Crippen MR) is 28.2 cm³/mol. The number of nitrogens with one attached hydrogen (secondary N) is 1. The number of aliphatic hydroxyl groups is 1. The van der Waals surface area contributed by atoms with Gasteiger partial charge in [-0.2, -0.15) is 4.83 Å². The second-order valence-corrected chi connectivity index (χ2v) is 3.03. The van der Waals surface area contributed by atoms with E-state index in [1.54, 1.807) is 4.83 Å². The zero-order valence-electron chi connectivity index (χ0n) is 4.16. The van der Waals surface area contributed by atoms with E-state index in [0.29, 0.717) is 0 Å². The van der Waals surface area contributed by atoms with Gasteiger partial charge in [-0.25, -0.2) is 8.42 Å². The third-order valence-electron chi connectivity index (χ3n) is 0.540. The van der Waals surface area contributed by atoms with Crippen LogP contribution in [0.2, 0.25) is 0 Å². The van der Waals surface area contributed by atoms with Gasteiger partial charge in [-0.3, -0.25) is 5.84 Å². The van der Waals surface area contributed by atoms with E-state index in [1.165, 1.54) is 0 Å². The van der Waals surface area contributed by atoms with Crippen LogP contribution in [0.1, 0.15) is 0 Å². The molecule has 5 nitrogen and oxygen atoms in total. The molecule has 4 N–H and O–H groups in total. The van der Waals surface area contributed by atoms with Crippen LogP contribution in [0.5, 0.6) is 0 Å². The zero-order chi connectivity index (χ0) is 6.62. The minimum atomic E-state index is -3.39. The summed E-state index contributed by atoms with van der Waals surface area (Å²) < 4.78 is 20.4. The largest absolute Gasteiger partial charge is 0.395 e. The molecule has 0 saturated heterocycles. The van der Waals surface area contributed by atoms with Gasteiger partial charge in [0.2, 0.25) is 10.0 Å². The van der Waals surface area contributed by atoms with Crippen molar-refractivity contribution in [3.63, 3.8) is 0 Å². The normalized spacial score (nSPS) is 11.8. The molecule has 0 amide bonds. The third-order valence-corrected chi connectivity index (χ3v) is 1.62. The Hall–Kier alpha value is -0.170. The minimum absolute atomic E-state index is 0.344. The molecule has 0 spiro atoms. The van der Waals surface area contributed by atoms with E-state index in [1.807, 2.05) is 0 Å². The lowest BCUT2D eigenvalue weighted by atomic mass is 10.9. The van der Waals surface area contributed by atoms with Gasteiger partial charge in [0.15, 0.2) is 0 Å². The Labute approximate surface area is 47.5 Å². The lowest BCUT2D eigenvalue weighted by Gasteiger charge is -1.95. The Morgan fingerprint density at radius 2 is 2.12 bits per heavy atom. The average molecular weight is 140 g/mol. The summed E-state index contributed by atoms with van der Waals surface area (Å²) in [6, 6.07) is 0. The lowest BCUT2D eigenvalue weighted by molar-refractivity contribution is 0.319. The first-order valence-electron chi connectivity index (χ1n) is 1.93. The highest BCUT2D eigenvalue weighted by atomic mass is 32.2. The van der Waals surface area contributed by atoms with Gasteiger partial charge in [0, 0.05) is 0 Å². The van der Waals surface area contributed by atoms with Crippen LogP contribution in [0.4, 0.5) is 0 Å². The van der Waals surface area contributed by atoms with Crippen LogP contribution in [-0.4, -0.2) is 25.9 Å². The molecule has 0 heterocycles. The molecule has 50 valence electrons. The van der Waals surface area contributed by atoms with Crippen molar-refractivity contribution in [3.05, 3.63) is 0 Å². The summed E-state index contributed by atoms with van der Waals surface area (Å²) in [5.74, 6) is 4.20. The number of aliphatic hydroxyl groups excluding tert-OH is 1. The van der Waals surface area contributed by atoms with Crippen molar-refractivity contribution in [2.24, 2.45) is 5.84 Å². The van der Waals surface area contributed by atoms with E-state index in [0.717, 1.165) is 0 Å². The first-order valence-corrected chi connectivity index (χ1v) is 3.58. The van der Waals surface area contributed by atoms with E-state index >= 15 is 0 Å². The van der Waals surface area contributed by atoms with E-state index < -0.39 is 16.6 Å². The first-order chi connectivity index (χ1) is 3.62. The van der Waals surface area contributed by atoms with Gasteiger partial charge in [0.05, 0.1) is 12.4 Å². The van der Waals surface area contributed by atoms with Crippen molar-refractivity contribution in [3.8, 4) is 0 Å². The van der Waals surface area contributed by atoms with Crippen molar-refractivity contribution in [2.45, 2.75) is 0 Å². The lowest BCUT2D eigenvalue weighted by Crippen LogP contribution is -2.33. The smallest absolute Gasteiger partial charge is 0.226 e. The van der Waals surface area contributed by atoms with Crippen molar-refractivity contribution in [1.29, 1.82) is 0 Å². The Bertz CT molecular complexity index is 139. The molecule has 0 atom stereocenters. The molecule has 6 heteroatoms. The van der Waals surface area contributed by atoms with Crippen LogP contribution in [0.25, 0.3) is 0 Å². The monoisotopic (exact) mass is 140 g/mol. The summed E-state index contributed by atoms with van der Waals surface area (Å²) in [7, 11) is -3.39. The second kappa shape index (κ2) is 2.98. The highest BCUT2D eigenvalue weighted by Crippen LogP contribution is 1.75. The molecular formula is C2H8N2O3S. The number of sulfonamides is 1. The minimum Gasteiger partial charge on any atom is -0.395 e. The van der Waals surface area contributed by atoms with Gasteiger partial charge in [0.1, 0.15) is 0 Å². The summed E-state index contributed by atoms with van der Waals surface area (Å²) in [6.45, 7) is -0.410. The molecule has 0 bridgehead atoms. The van der Waals surface area contributed by atoms with E-state index in [9.17, 15) is 8.42 Å². The molecule has 0 saturated carbocycles. The van der Waals surface area contributed by atoms with Crippen LogP contribution >= 0.6 is 0 Å². The van der Waals surface area contributed by atoms with Crippen LogP contribution in [0.15, 0.2) is 0 Å². The number of hydrazine groups is 1. The van der Waals surface area contributed by atoms with Gasteiger partial charge in [-0.15, -0.1) is 0 Å². The van der Waals surface area contributed by atoms with Crippen LogP contribution in [-0.2, 0) is 10.0 Å². The summed E-state index contributed by atoms with van der Waals surface area (Å²) in [4.78, 5) is 1.55. The van der Waals surface area contributed by atoms with E-state index in [-0.39, 0.29) is 5.75 Å². The van der Waals surface area contributed by atoms with Crippen molar-refractivity contribution in [2.75, 3.05) is 12.4 Å². The molecule has 0 aromatic carbocycles. The molecule has 0 aromatic heterocycles. The Morgan fingerprint density at radius 3 is 2.25 bits per heavy atom. The Balaban J connectivity index is 3.76. The number of nitrogens with two attached hydrogens (primary N) is 1. The summed E-state index contributed by atoms with van der Waals surface area (Å²) in [6.07, 6.45) is 0. The number of rotatable bonds is 3. The molecule has 0 rings (SSSR count). The standard InChI is InChI=1S/C2H8N2O3S/c3-4-8(6,7)2-1-5/h4-5H,1-3H2. The fourth-order valence-corrected chi connectivity index (χ4v) is 0.537. The molecule has 0 unspecified atom stereocenters. The van der Waals surface area contributed by atoms with Gasteiger partial charge >= 0.3 is 0 Å². The molecular weight excluding hydrogens is 132 g/mol. The van der Waals surface area contributed by atoms with Gasteiger partial charge in [-0.1, -0.05) is 0 Å². The maximum atomic E-state index is 10.2. The highest BCUT2D eigenvalue weighted by molar-refractivity contribution is 7.89.